The van der Waals surface area contributed by atoms with Crippen LogP contribution in [0.15, 0.2) is 22.8 Å². The van der Waals surface area contributed by atoms with Crippen LogP contribution in [0.4, 0.5) is 8.78 Å². The first kappa shape index (κ1) is 13.1. The van der Waals surface area contributed by atoms with Gasteiger partial charge in [-0.15, -0.1) is 0 Å². The molecule has 1 heterocycles. The van der Waals surface area contributed by atoms with Crippen molar-refractivity contribution in [3.8, 4) is 0 Å². The van der Waals surface area contributed by atoms with Gasteiger partial charge in [0.2, 0.25) is 0 Å². The highest BCUT2D eigenvalue weighted by Gasteiger charge is 2.27. The average molecular weight is 232 g/mol. The van der Waals surface area contributed by atoms with Crippen molar-refractivity contribution in [3.63, 3.8) is 0 Å². The molecule has 0 aromatic carbocycles. The Morgan fingerprint density at radius 1 is 1.50 bits per heavy atom. The Morgan fingerprint density at radius 2 is 2.19 bits per heavy atom. The molecule has 0 aliphatic rings. The maximum atomic E-state index is 12.3. The molecule has 1 aromatic heterocycles. The van der Waals surface area contributed by atoms with Gasteiger partial charge >= 0.3 is 0 Å². The Hall–Kier alpha value is -0.940. The molecule has 3 nitrogen and oxygen atoms in total. The minimum atomic E-state index is -2.37. The molecule has 0 saturated carbocycles. The summed E-state index contributed by atoms with van der Waals surface area (Å²) in [4.78, 5) is 1.54. The van der Waals surface area contributed by atoms with Gasteiger partial charge in [0.05, 0.1) is 18.8 Å². The molecule has 1 rings (SSSR count). The van der Waals surface area contributed by atoms with Crippen molar-refractivity contribution in [1.29, 1.82) is 0 Å². The van der Waals surface area contributed by atoms with Gasteiger partial charge in [-0.2, -0.15) is 0 Å². The Morgan fingerprint density at radius 3 is 2.62 bits per heavy atom. The minimum absolute atomic E-state index is 0.213. The predicted octanol–water partition coefficient (Wildman–Crippen LogP) is 2.25. The minimum Gasteiger partial charge on any atom is -0.468 e. The van der Waals surface area contributed by atoms with Gasteiger partial charge in [-0.1, -0.05) is 6.92 Å². The second-order valence-electron chi connectivity index (χ2n) is 3.86. The summed E-state index contributed by atoms with van der Waals surface area (Å²) >= 11 is 0. The lowest BCUT2D eigenvalue weighted by molar-refractivity contribution is 0.0674. The van der Waals surface area contributed by atoms with Gasteiger partial charge in [-0.25, -0.2) is 8.78 Å². The van der Waals surface area contributed by atoms with Crippen LogP contribution in [0.1, 0.15) is 25.1 Å². The standard InChI is InChI=1S/C11H18F2N2O/c1-3-8(14)11(9-5-4-6-16-9)15(2)7-10(12)13/h4-6,8,10-11H,3,7,14H2,1-2H3. The van der Waals surface area contributed by atoms with Gasteiger partial charge in [-0.3, -0.25) is 4.90 Å². The maximum Gasteiger partial charge on any atom is 0.251 e. The molecule has 2 unspecified atom stereocenters. The van der Waals surface area contributed by atoms with Crippen LogP contribution in [0.2, 0.25) is 0 Å². The van der Waals surface area contributed by atoms with E-state index in [0.717, 1.165) is 0 Å². The van der Waals surface area contributed by atoms with Gasteiger partial charge in [0.1, 0.15) is 5.76 Å². The molecule has 0 bridgehead atoms. The van der Waals surface area contributed by atoms with Crippen LogP contribution >= 0.6 is 0 Å². The molecular formula is C11H18F2N2O. The summed E-state index contributed by atoms with van der Waals surface area (Å²) in [5.74, 6) is 0.637. The zero-order chi connectivity index (χ0) is 12.1. The topological polar surface area (TPSA) is 42.4 Å². The lowest BCUT2D eigenvalue weighted by Gasteiger charge is -2.30. The third-order valence-corrected chi connectivity index (χ3v) is 2.61. The van der Waals surface area contributed by atoms with Crippen molar-refractivity contribution >= 4 is 0 Å². The Bertz CT molecular complexity index is 290. The average Bonchev–Trinajstić information content (AvgIpc) is 2.69. The number of alkyl halides is 2. The monoisotopic (exact) mass is 232 g/mol. The van der Waals surface area contributed by atoms with Crippen molar-refractivity contribution < 1.29 is 13.2 Å². The summed E-state index contributed by atoms with van der Waals surface area (Å²) in [6, 6.07) is 2.99. The SMILES string of the molecule is CCC(N)C(c1ccco1)N(C)CC(F)F. The first-order valence-corrected chi connectivity index (χ1v) is 5.33. The quantitative estimate of drug-likeness (QED) is 0.818. The summed E-state index contributed by atoms with van der Waals surface area (Å²) in [5, 5.41) is 0. The van der Waals surface area contributed by atoms with E-state index in [1.54, 1.807) is 19.2 Å². The van der Waals surface area contributed by atoms with Gasteiger partial charge in [0, 0.05) is 6.04 Å². The molecular weight excluding hydrogens is 214 g/mol. The van der Waals surface area contributed by atoms with Crippen molar-refractivity contribution in [2.24, 2.45) is 5.73 Å². The molecule has 0 aliphatic heterocycles. The van der Waals surface area contributed by atoms with Crippen LogP contribution in [0, 0.1) is 0 Å². The van der Waals surface area contributed by atoms with E-state index < -0.39 is 6.43 Å². The fourth-order valence-electron chi connectivity index (χ4n) is 1.77. The molecule has 1 aromatic rings. The second kappa shape index (κ2) is 5.96. The van der Waals surface area contributed by atoms with Crippen LogP contribution in [-0.4, -0.2) is 31.0 Å². The summed E-state index contributed by atoms with van der Waals surface area (Å²) in [5.41, 5.74) is 5.94. The molecule has 2 atom stereocenters. The van der Waals surface area contributed by atoms with E-state index in [-0.39, 0.29) is 18.6 Å². The number of hydrogen-bond donors (Lipinski definition) is 1. The van der Waals surface area contributed by atoms with Gasteiger partial charge in [0.25, 0.3) is 6.43 Å². The molecule has 0 saturated heterocycles. The van der Waals surface area contributed by atoms with Crippen LogP contribution in [-0.2, 0) is 0 Å². The van der Waals surface area contributed by atoms with E-state index in [1.165, 1.54) is 11.2 Å². The van der Waals surface area contributed by atoms with Crippen molar-refractivity contribution in [3.05, 3.63) is 24.2 Å². The normalized spacial score (nSPS) is 15.7. The van der Waals surface area contributed by atoms with Gasteiger partial charge < -0.3 is 10.2 Å². The summed E-state index contributed by atoms with van der Waals surface area (Å²) < 4.78 is 29.9. The van der Waals surface area contributed by atoms with Gasteiger partial charge in [-0.05, 0) is 25.6 Å². The zero-order valence-corrected chi connectivity index (χ0v) is 9.57. The van der Waals surface area contributed by atoms with Crippen LogP contribution in [0.5, 0.6) is 0 Å². The zero-order valence-electron chi connectivity index (χ0n) is 9.57. The van der Waals surface area contributed by atoms with E-state index >= 15 is 0 Å². The largest absolute Gasteiger partial charge is 0.468 e. The van der Waals surface area contributed by atoms with Gasteiger partial charge in [0.15, 0.2) is 0 Å². The van der Waals surface area contributed by atoms with E-state index in [0.29, 0.717) is 12.2 Å². The Kier molecular flexibility index (Phi) is 4.89. The third kappa shape index (κ3) is 3.28. The lowest BCUT2D eigenvalue weighted by atomic mass is 10.0. The maximum absolute atomic E-state index is 12.3. The Balaban J connectivity index is 2.79. The van der Waals surface area contributed by atoms with Crippen molar-refractivity contribution in [2.75, 3.05) is 13.6 Å². The highest BCUT2D eigenvalue weighted by Crippen LogP contribution is 2.24. The Labute approximate surface area is 94.2 Å². The molecule has 0 spiro atoms. The lowest BCUT2D eigenvalue weighted by Crippen LogP contribution is -2.40. The third-order valence-electron chi connectivity index (χ3n) is 2.61. The highest BCUT2D eigenvalue weighted by molar-refractivity contribution is 5.07. The van der Waals surface area contributed by atoms with Crippen LogP contribution < -0.4 is 5.73 Å². The first-order chi connectivity index (χ1) is 7.56. The van der Waals surface area contributed by atoms with Crippen molar-refractivity contribution in [1.82, 2.24) is 4.90 Å². The fourth-order valence-corrected chi connectivity index (χ4v) is 1.77. The van der Waals surface area contributed by atoms with E-state index in [4.69, 9.17) is 10.2 Å². The van der Waals surface area contributed by atoms with E-state index in [2.05, 4.69) is 0 Å². The molecule has 0 aliphatic carbocycles. The highest BCUT2D eigenvalue weighted by atomic mass is 19.3. The molecule has 0 fully saturated rings. The van der Waals surface area contributed by atoms with Crippen LogP contribution in [0.25, 0.3) is 0 Å². The number of nitrogens with zero attached hydrogens (tertiary/aromatic N) is 1. The number of nitrogens with two attached hydrogens (primary N) is 1. The molecule has 16 heavy (non-hydrogen) atoms. The smallest absolute Gasteiger partial charge is 0.251 e. The van der Waals surface area contributed by atoms with Crippen molar-refractivity contribution in [2.45, 2.75) is 31.9 Å². The van der Waals surface area contributed by atoms with E-state index in [1.807, 2.05) is 6.92 Å². The number of halogens is 2. The molecule has 0 amide bonds. The fraction of sp³-hybridized carbons (Fsp3) is 0.636. The first-order valence-electron chi connectivity index (χ1n) is 5.33. The number of rotatable bonds is 6. The number of hydrogen-bond acceptors (Lipinski definition) is 3. The predicted molar refractivity (Wildman–Crippen MR) is 58.3 cm³/mol. The molecule has 5 heteroatoms. The van der Waals surface area contributed by atoms with Crippen LogP contribution in [0.3, 0.4) is 0 Å². The van der Waals surface area contributed by atoms with E-state index in [9.17, 15) is 8.78 Å². The number of furan rings is 1. The molecule has 0 radical (unpaired) electrons. The summed E-state index contributed by atoms with van der Waals surface area (Å²) in [7, 11) is 1.63. The molecule has 2 N–H and O–H groups in total. The summed E-state index contributed by atoms with van der Waals surface area (Å²) in [6.07, 6.45) is -0.133. The molecule has 92 valence electrons. The summed E-state index contributed by atoms with van der Waals surface area (Å²) in [6.45, 7) is 1.62. The second-order valence-corrected chi connectivity index (χ2v) is 3.86. The number of likely N-dealkylation sites (N-methyl/N-ethyl adjacent to an activating group) is 1.